The van der Waals surface area contributed by atoms with E-state index >= 15 is 0 Å². The number of hydrogen-bond donors (Lipinski definition) is 0. The third kappa shape index (κ3) is 4.97. The number of hydrogen-bond acceptors (Lipinski definition) is 5. The molecule has 0 bridgehead atoms. The monoisotopic (exact) mass is 427 g/mol. The number of piperazine rings is 1. The van der Waals surface area contributed by atoms with Crippen molar-refractivity contribution in [3.8, 4) is 11.3 Å². The highest BCUT2D eigenvalue weighted by atomic mass is 32.2. The summed E-state index contributed by atoms with van der Waals surface area (Å²) in [5, 5.41) is 2.04. The van der Waals surface area contributed by atoms with E-state index in [0.29, 0.717) is 18.8 Å². The van der Waals surface area contributed by atoms with Crippen molar-refractivity contribution in [1.29, 1.82) is 0 Å². The van der Waals surface area contributed by atoms with E-state index < -0.39 is 0 Å². The lowest BCUT2D eigenvalue weighted by Crippen LogP contribution is -2.49. The molecule has 0 radical (unpaired) electrons. The lowest BCUT2D eigenvalue weighted by Gasteiger charge is -2.36. The van der Waals surface area contributed by atoms with Crippen molar-refractivity contribution in [2.45, 2.75) is 11.3 Å². The maximum absolute atomic E-state index is 13.1. The van der Waals surface area contributed by atoms with Crippen molar-refractivity contribution < 1.29 is 9.18 Å². The third-order valence-corrected chi connectivity index (χ3v) is 6.98. The summed E-state index contributed by atoms with van der Waals surface area (Å²) in [6, 6.07) is 14.8. The number of thiazole rings is 1. The molecule has 0 spiro atoms. The second-order valence-corrected chi connectivity index (χ2v) is 9.08. The van der Waals surface area contributed by atoms with Gasteiger partial charge in [0.25, 0.3) is 0 Å². The van der Waals surface area contributed by atoms with Crippen LogP contribution in [0.4, 0.5) is 10.1 Å². The molecule has 0 atom stereocenters. The molecule has 2 heterocycles. The summed E-state index contributed by atoms with van der Waals surface area (Å²) in [4.78, 5) is 21.3. The van der Waals surface area contributed by atoms with Gasteiger partial charge >= 0.3 is 0 Å². The molecule has 29 heavy (non-hydrogen) atoms. The number of carbonyl (C=O) groups is 1. The van der Waals surface area contributed by atoms with E-state index in [1.165, 1.54) is 29.5 Å². The number of benzene rings is 2. The Kier molecular flexibility index (Phi) is 6.16. The van der Waals surface area contributed by atoms with Crippen LogP contribution in [0.3, 0.4) is 0 Å². The highest BCUT2D eigenvalue weighted by molar-refractivity contribution is 8.01. The third-order valence-electron chi connectivity index (χ3n) is 4.97. The van der Waals surface area contributed by atoms with E-state index in [0.717, 1.165) is 34.4 Å². The zero-order chi connectivity index (χ0) is 20.2. The van der Waals surface area contributed by atoms with Crippen molar-refractivity contribution in [3.63, 3.8) is 0 Å². The van der Waals surface area contributed by atoms with Crippen molar-refractivity contribution >= 4 is 34.7 Å². The molecule has 2 aromatic carbocycles. The van der Waals surface area contributed by atoms with Crippen LogP contribution < -0.4 is 4.90 Å². The highest BCUT2D eigenvalue weighted by Gasteiger charge is 2.21. The summed E-state index contributed by atoms with van der Waals surface area (Å²) < 4.78 is 14.0. The van der Waals surface area contributed by atoms with Crippen LogP contribution in [0.1, 0.15) is 5.56 Å². The largest absolute Gasteiger partial charge is 0.368 e. The van der Waals surface area contributed by atoms with Gasteiger partial charge in [-0.1, -0.05) is 41.6 Å². The molecule has 4 rings (SSSR count). The zero-order valence-corrected chi connectivity index (χ0v) is 17.8. The Morgan fingerprint density at radius 1 is 1.07 bits per heavy atom. The van der Waals surface area contributed by atoms with Gasteiger partial charge in [0, 0.05) is 42.8 Å². The van der Waals surface area contributed by atoms with Gasteiger partial charge in [-0.05, 0) is 31.2 Å². The number of nitrogens with zero attached hydrogens (tertiary/aromatic N) is 3. The molecule has 7 heteroatoms. The fraction of sp³-hybridized carbons (Fsp3) is 0.273. The molecule has 0 N–H and O–H groups in total. The molecule has 0 saturated carbocycles. The summed E-state index contributed by atoms with van der Waals surface area (Å²) >= 11 is 3.08. The number of halogens is 1. The molecule has 4 nitrogen and oxygen atoms in total. The van der Waals surface area contributed by atoms with Crippen molar-refractivity contribution in [2.24, 2.45) is 0 Å². The second-order valence-electron chi connectivity index (χ2n) is 7.00. The molecule has 1 aromatic heterocycles. The van der Waals surface area contributed by atoms with Gasteiger partial charge in [-0.3, -0.25) is 4.79 Å². The minimum Gasteiger partial charge on any atom is -0.368 e. The van der Waals surface area contributed by atoms with E-state index in [9.17, 15) is 9.18 Å². The van der Waals surface area contributed by atoms with Gasteiger partial charge in [0.05, 0.1) is 11.4 Å². The summed E-state index contributed by atoms with van der Waals surface area (Å²) in [7, 11) is 0. The van der Waals surface area contributed by atoms with Gasteiger partial charge in [-0.15, -0.1) is 11.3 Å². The van der Waals surface area contributed by atoms with Crippen molar-refractivity contribution in [2.75, 3.05) is 36.8 Å². The lowest BCUT2D eigenvalue weighted by atomic mass is 10.1. The summed E-state index contributed by atoms with van der Waals surface area (Å²) in [6.07, 6.45) is 0. The molecule has 0 aliphatic carbocycles. The number of anilines is 1. The molecule has 1 saturated heterocycles. The number of thioether (sulfide) groups is 1. The maximum Gasteiger partial charge on any atom is 0.233 e. The van der Waals surface area contributed by atoms with Crippen LogP contribution in [0.2, 0.25) is 0 Å². The predicted molar refractivity (Wildman–Crippen MR) is 118 cm³/mol. The maximum atomic E-state index is 13.1. The minimum atomic E-state index is -0.229. The van der Waals surface area contributed by atoms with E-state index in [1.54, 1.807) is 23.5 Å². The molecule has 1 fully saturated rings. The molecule has 150 valence electrons. The minimum absolute atomic E-state index is 0.140. The molecule has 3 aromatic rings. The van der Waals surface area contributed by atoms with Crippen molar-refractivity contribution in [3.05, 3.63) is 65.3 Å². The average molecular weight is 428 g/mol. The predicted octanol–water partition coefficient (Wildman–Crippen LogP) is 4.70. The molecule has 0 unspecified atom stereocenters. The average Bonchev–Trinajstić information content (AvgIpc) is 3.22. The van der Waals surface area contributed by atoms with Crippen LogP contribution in [-0.4, -0.2) is 47.7 Å². The van der Waals surface area contributed by atoms with Crippen LogP contribution in [0.15, 0.2) is 58.3 Å². The second kappa shape index (κ2) is 8.97. The van der Waals surface area contributed by atoms with Gasteiger partial charge < -0.3 is 9.80 Å². The van der Waals surface area contributed by atoms with Crippen LogP contribution >= 0.6 is 23.1 Å². The van der Waals surface area contributed by atoms with E-state index in [-0.39, 0.29) is 11.7 Å². The SMILES string of the molecule is Cc1ccc(-c2csc(SCC(=O)N3CCN(c4ccc(F)cc4)CC3)n2)cc1. The molecule has 1 aliphatic heterocycles. The summed E-state index contributed by atoms with van der Waals surface area (Å²) in [5.74, 6) is 0.311. The van der Waals surface area contributed by atoms with Gasteiger partial charge in [-0.25, -0.2) is 9.37 Å². The van der Waals surface area contributed by atoms with Crippen molar-refractivity contribution in [1.82, 2.24) is 9.88 Å². The first-order valence-electron chi connectivity index (χ1n) is 9.52. The van der Waals surface area contributed by atoms with Crippen LogP contribution in [0.5, 0.6) is 0 Å². The Balaban J connectivity index is 1.27. The lowest BCUT2D eigenvalue weighted by molar-refractivity contribution is -0.128. The quantitative estimate of drug-likeness (QED) is 0.553. The van der Waals surface area contributed by atoms with Gasteiger partial charge in [0.1, 0.15) is 5.82 Å². The Hall–Kier alpha value is -2.38. The topological polar surface area (TPSA) is 36.4 Å². The fourth-order valence-electron chi connectivity index (χ4n) is 3.26. The molecular weight excluding hydrogens is 405 g/mol. The number of rotatable bonds is 5. The highest BCUT2D eigenvalue weighted by Crippen LogP contribution is 2.28. The van der Waals surface area contributed by atoms with Gasteiger partial charge in [0.15, 0.2) is 4.34 Å². The first-order valence-corrected chi connectivity index (χ1v) is 11.4. The summed E-state index contributed by atoms with van der Waals surface area (Å²) in [5.41, 5.74) is 4.28. The number of carbonyl (C=O) groups excluding carboxylic acids is 1. The normalized spacial score (nSPS) is 14.3. The molecular formula is C22H22FN3OS2. The Morgan fingerprint density at radius 2 is 1.76 bits per heavy atom. The number of aryl methyl sites for hydroxylation is 1. The Morgan fingerprint density at radius 3 is 2.45 bits per heavy atom. The number of aromatic nitrogens is 1. The molecule has 1 aliphatic rings. The van der Waals surface area contributed by atoms with Gasteiger partial charge in [0.2, 0.25) is 5.91 Å². The number of amides is 1. The van der Waals surface area contributed by atoms with Crippen LogP contribution in [0, 0.1) is 12.7 Å². The first-order chi connectivity index (χ1) is 14.1. The van der Waals surface area contributed by atoms with Crippen LogP contribution in [-0.2, 0) is 4.79 Å². The van der Waals surface area contributed by atoms with Crippen LogP contribution in [0.25, 0.3) is 11.3 Å². The molecule has 1 amide bonds. The smallest absolute Gasteiger partial charge is 0.233 e. The Labute approximate surface area is 178 Å². The standard InChI is InChI=1S/C22H22FN3OS2/c1-16-2-4-17(5-3-16)20-14-28-22(24-20)29-15-21(27)26-12-10-25(11-13-26)19-8-6-18(23)7-9-19/h2-9,14H,10-13,15H2,1H3. The Bertz CT molecular complexity index is 964. The first kappa shape index (κ1) is 19.9. The fourth-order valence-corrected chi connectivity index (χ4v) is 5.00. The zero-order valence-electron chi connectivity index (χ0n) is 16.2. The van der Waals surface area contributed by atoms with E-state index in [2.05, 4.69) is 41.1 Å². The summed E-state index contributed by atoms with van der Waals surface area (Å²) in [6.45, 7) is 4.96. The van der Waals surface area contributed by atoms with E-state index in [4.69, 9.17) is 0 Å². The van der Waals surface area contributed by atoms with Gasteiger partial charge in [-0.2, -0.15) is 0 Å². The van der Waals surface area contributed by atoms with E-state index in [1.807, 2.05) is 10.3 Å².